The number of nitrogen functional groups attached to an aromatic ring is 1. The predicted molar refractivity (Wildman–Crippen MR) is 125 cm³/mol. The van der Waals surface area contributed by atoms with Crippen LogP contribution in [0, 0.1) is 11.3 Å². The molecule has 1 fully saturated rings. The Kier molecular flexibility index (Phi) is 5.62. The first kappa shape index (κ1) is 23.7. The number of anilines is 1. The Hall–Kier alpha value is -4.07. The van der Waals surface area contributed by atoms with Crippen LogP contribution in [0.4, 0.5) is 23.8 Å². The number of halogens is 3. The SMILES string of the molecule is C[C@@H](NC(=O)N1CCC2(CCn3nc(-c4cnc(N)c(C(F)(F)F)c4)cc32)C1)c1ccccc1C#N. The molecule has 3 aromatic rings. The molecule has 3 N–H and O–H groups in total. The highest BCUT2D eigenvalue weighted by molar-refractivity contribution is 5.75. The number of nitrogens with one attached hydrogen (secondary N) is 1. The average molecular weight is 496 g/mol. The number of nitrogens with zero attached hydrogens (tertiary/aromatic N) is 5. The van der Waals surface area contributed by atoms with E-state index < -0.39 is 17.6 Å². The van der Waals surface area contributed by atoms with E-state index in [0.717, 1.165) is 30.2 Å². The number of hydrogen-bond donors (Lipinski definition) is 2. The Labute approximate surface area is 205 Å². The lowest BCUT2D eigenvalue weighted by Gasteiger charge is -2.25. The second-order valence-electron chi connectivity index (χ2n) is 9.36. The number of nitriles is 1. The van der Waals surface area contributed by atoms with Crippen LogP contribution in [0.2, 0.25) is 0 Å². The zero-order valence-corrected chi connectivity index (χ0v) is 19.5. The number of nitrogens with two attached hydrogens (primary N) is 1. The number of rotatable bonds is 3. The molecule has 36 heavy (non-hydrogen) atoms. The lowest BCUT2D eigenvalue weighted by atomic mass is 9.82. The van der Waals surface area contributed by atoms with Crippen molar-refractivity contribution in [1.29, 1.82) is 5.26 Å². The van der Waals surface area contributed by atoms with E-state index in [0.29, 0.717) is 30.9 Å². The number of fused-ring (bicyclic) bond motifs is 2. The molecular formula is C25H24F3N7O. The molecule has 1 unspecified atom stereocenters. The lowest BCUT2D eigenvalue weighted by Crippen LogP contribution is -2.41. The van der Waals surface area contributed by atoms with E-state index in [-0.39, 0.29) is 23.1 Å². The number of urea groups is 1. The minimum Gasteiger partial charge on any atom is -0.383 e. The van der Waals surface area contributed by atoms with Crippen LogP contribution in [0.25, 0.3) is 11.3 Å². The van der Waals surface area contributed by atoms with Gasteiger partial charge in [-0.25, -0.2) is 9.78 Å². The van der Waals surface area contributed by atoms with E-state index >= 15 is 0 Å². The number of aryl methyl sites for hydroxylation is 1. The molecule has 2 aliphatic rings. The van der Waals surface area contributed by atoms with Gasteiger partial charge in [-0.1, -0.05) is 18.2 Å². The van der Waals surface area contributed by atoms with E-state index in [2.05, 4.69) is 21.5 Å². The van der Waals surface area contributed by atoms with Crippen LogP contribution in [0.3, 0.4) is 0 Å². The normalized spacial score (nSPS) is 19.8. The van der Waals surface area contributed by atoms with Gasteiger partial charge in [0.05, 0.1) is 28.9 Å². The first-order chi connectivity index (χ1) is 17.1. The van der Waals surface area contributed by atoms with Gasteiger partial charge in [0, 0.05) is 42.5 Å². The largest absolute Gasteiger partial charge is 0.419 e. The van der Waals surface area contributed by atoms with Crippen molar-refractivity contribution in [3.8, 4) is 17.3 Å². The topological polar surface area (TPSA) is 113 Å². The number of carbonyl (C=O) groups is 1. The van der Waals surface area contributed by atoms with Crippen molar-refractivity contribution in [2.45, 2.75) is 43.9 Å². The highest BCUT2D eigenvalue weighted by atomic mass is 19.4. The molecule has 4 heterocycles. The third-order valence-electron chi connectivity index (χ3n) is 7.17. The summed E-state index contributed by atoms with van der Waals surface area (Å²) in [6.07, 6.45) is -1.80. The number of amides is 2. The molecule has 8 nitrogen and oxygen atoms in total. The molecule has 0 radical (unpaired) electrons. The van der Waals surface area contributed by atoms with Crippen LogP contribution in [0.5, 0.6) is 0 Å². The highest BCUT2D eigenvalue weighted by Gasteiger charge is 2.47. The number of benzene rings is 1. The second kappa shape index (κ2) is 8.55. The molecule has 186 valence electrons. The van der Waals surface area contributed by atoms with Crippen molar-refractivity contribution >= 4 is 11.8 Å². The van der Waals surface area contributed by atoms with Crippen LogP contribution in [0.1, 0.15) is 48.2 Å². The van der Waals surface area contributed by atoms with E-state index in [4.69, 9.17) is 5.73 Å². The number of aromatic nitrogens is 3. The van der Waals surface area contributed by atoms with Crippen molar-refractivity contribution in [1.82, 2.24) is 25.0 Å². The second-order valence-corrected chi connectivity index (χ2v) is 9.36. The third-order valence-corrected chi connectivity index (χ3v) is 7.17. The maximum Gasteiger partial charge on any atom is 0.419 e. The molecule has 2 atom stereocenters. The molecule has 2 aromatic heterocycles. The maximum atomic E-state index is 13.3. The van der Waals surface area contributed by atoms with Gasteiger partial charge in [-0.2, -0.15) is 23.5 Å². The van der Waals surface area contributed by atoms with Gasteiger partial charge >= 0.3 is 12.2 Å². The molecule has 2 amide bonds. The van der Waals surface area contributed by atoms with Gasteiger partial charge in [0.1, 0.15) is 5.82 Å². The summed E-state index contributed by atoms with van der Waals surface area (Å²) in [4.78, 5) is 18.5. The van der Waals surface area contributed by atoms with Crippen LogP contribution >= 0.6 is 0 Å². The van der Waals surface area contributed by atoms with Gasteiger partial charge in [-0.05, 0) is 43.5 Å². The summed E-state index contributed by atoms with van der Waals surface area (Å²) in [7, 11) is 0. The predicted octanol–water partition coefficient (Wildman–Crippen LogP) is 4.24. The Morgan fingerprint density at radius 1 is 1.25 bits per heavy atom. The smallest absolute Gasteiger partial charge is 0.383 e. The zero-order chi connectivity index (χ0) is 25.7. The summed E-state index contributed by atoms with van der Waals surface area (Å²) < 4.78 is 41.7. The molecule has 1 aromatic carbocycles. The Bertz CT molecular complexity index is 1380. The van der Waals surface area contributed by atoms with E-state index in [9.17, 15) is 23.2 Å². The Balaban J connectivity index is 1.34. The summed E-state index contributed by atoms with van der Waals surface area (Å²) in [6.45, 7) is 3.48. The molecule has 1 spiro atoms. The van der Waals surface area contributed by atoms with Gasteiger partial charge in [0.15, 0.2) is 0 Å². The van der Waals surface area contributed by atoms with Gasteiger partial charge in [-0.3, -0.25) is 4.68 Å². The lowest BCUT2D eigenvalue weighted by molar-refractivity contribution is -0.137. The van der Waals surface area contributed by atoms with Crippen molar-refractivity contribution in [3.63, 3.8) is 0 Å². The molecule has 5 rings (SSSR count). The summed E-state index contributed by atoms with van der Waals surface area (Å²) in [5.41, 5.74) is 6.94. The van der Waals surface area contributed by atoms with E-state index in [1.807, 2.05) is 23.7 Å². The molecule has 1 saturated heterocycles. The number of likely N-dealkylation sites (tertiary alicyclic amines) is 1. The minimum absolute atomic E-state index is 0.220. The summed E-state index contributed by atoms with van der Waals surface area (Å²) >= 11 is 0. The fourth-order valence-corrected chi connectivity index (χ4v) is 5.24. The molecule has 0 aliphatic carbocycles. The number of hydrogen-bond acceptors (Lipinski definition) is 5. The molecule has 0 bridgehead atoms. The minimum atomic E-state index is -4.61. The quantitative estimate of drug-likeness (QED) is 0.565. The molecular weight excluding hydrogens is 471 g/mol. The van der Waals surface area contributed by atoms with Crippen molar-refractivity contribution in [2.75, 3.05) is 18.8 Å². The summed E-state index contributed by atoms with van der Waals surface area (Å²) in [5.74, 6) is -0.571. The zero-order valence-electron chi connectivity index (χ0n) is 19.5. The molecule has 11 heteroatoms. The first-order valence-electron chi connectivity index (χ1n) is 11.6. The van der Waals surface area contributed by atoms with Crippen LogP contribution in [-0.4, -0.2) is 38.8 Å². The fraction of sp³-hybridized carbons (Fsp3) is 0.360. The summed E-state index contributed by atoms with van der Waals surface area (Å²) in [5, 5.41) is 16.9. The van der Waals surface area contributed by atoms with Gasteiger partial charge in [-0.15, -0.1) is 0 Å². The van der Waals surface area contributed by atoms with E-state index in [1.165, 1.54) is 6.20 Å². The maximum absolute atomic E-state index is 13.3. The van der Waals surface area contributed by atoms with Crippen LogP contribution in [0.15, 0.2) is 42.6 Å². The Morgan fingerprint density at radius 2 is 2.00 bits per heavy atom. The van der Waals surface area contributed by atoms with E-state index in [1.54, 1.807) is 23.1 Å². The molecule has 0 saturated carbocycles. The summed E-state index contributed by atoms with van der Waals surface area (Å²) in [6, 6.07) is 11.5. The fourth-order valence-electron chi connectivity index (χ4n) is 5.24. The van der Waals surface area contributed by atoms with Crippen molar-refractivity contribution in [2.24, 2.45) is 0 Å². The number of carbonyl (C=O) groups excluding carboxylic acids is 1. The average Bonchev–Trinajstić information content (AvgIpc) is 3.55. The van der Waals surface area contributed by atoms with Crippen LogP contribution in [-0.2, 0) is 18.1 Å². The molecule has 2 aliphatic heterocycles. The first-order valence-corrected chi connectivity index (χ1v) is 11.6. The monoisotopic (exact) mass is 495 g/mol. The van der Waals surface area contributed by atoms with Crippen molar-refractivity contribution in [3.05, 3.63) is 65.0 Å². The number of pyridine rings is 1. The van der Waals surface area contributed by atoms with Crippen molar-refractivity contribution < 1.29 is 18.0 Å². The third kappa shape index (κ3) is 4.02. The standard InChI is InChI=1S/C25H24F3N7O/c1-15(18-5-3-2-4-16(18)12-29)32-23(36)34-8-6-24(14-34)7-9-35-21(24)11-20(33-35)17-10-19(25(26,27)28)22(30)31-13-17/h2-5,10-11,13,15H,6-9,14H2,1H3,(H2,30,31)(H,32,36)/t15-,24?/m1/s1. The Morgan fingerprint density at radius 3 is 2.75 bits per heavy atom. The van der Waals surface area contributed by atoms with Gasteiger partial charge in [0.2, 0.25) is 0 Å². The highest BCUT2D eigenvalue weighted by Crippen LogP contribution is 2.44. The van der Waals surface area contributed by atoms with Gasteiger partial charge in [0.25, 0.3) is 0 Å². The number of alkyl halides is 3. The van der Waals surface area contributed by atoms with Gasteiger partial charge < -0.3 is 16.0 Å². The van der Waals surface area contributed by atoms with Crippen LogP contribution < -0.4 is 11.1 Å².